The third-order valence-corrected chi connectivity index (χ3v) is 2.59. The van der Waals surface area contributed by atoms with E-state index in [0.717, 1.165) is 6.42 Å². The van der Waals surface area contributed by atoms with Gasteiger partial charge in [-0.05, 0) is 17.3 Å². The number of nitrogens with one attached hydrogen (secondary N) is 1. The highest BCUT2D eigenvalue weighted by molar-refractivity contribution is 5.75. The van der Waals surface area contributed by atoms with Crippen molar-refractivity contribution in [3.8, 4) is 0 Å². The van der Waals surface area contributed by atoms with Crippen LogP contribution in [0.3, 0.4) is 0 Å². The molecule has 0 saturated heterocycles. The van der Waals surface area contributed by atoms with Crippen LogP contribution < -0.4 is 5.32 Å². The third kappa shape index (κ3) is 7.69. The summed E-state index contributed by atoms with van der Waals surface area (Å²) in [4.78, 5) is 11.5. The summed E-state index contributed by atoms with van der Waals surface area (Å²) < 4.78 is 0. The fraction of sp³-hybridized carbons (Fsp3) is 0.923. The topological polar surface area (TPSA) is 49.3 Å². The van der Waals surface area contributed by atoms with E-state index in [2.05, 4.69) is 26.1 Å². The molecule has 0 heterocycles. The number of hydrogen-bond acceptors (Lipinski definition) is 2. The molecule has 0 rings (SSSR count). The Hall–Kier alpha value is -0.570. The lowest BCUT2D eigenvalue weighted by Crippen LogP contribution is -2.39. The second-order valence-corrected chi connectivity index (χ2v) is 6.75. The van der Waals surface area contributed by atoms with Gasteiger partial charge in [-0.3, -0.25) is 4.79 Å². The summed E-state index contributed by atoms with van der Waals surface area (Å²) in [5, 5.41) is 12.5. The lowest BCUT2D eigenvalue weighted by molar-refractivity contribution is -0.122. The Morgan fingerprint density at radius 3 is 2.06 bits per heavy atom. The fourth-order valence-electron chi connectivity index (χ4n) is 1.09. The van der Waals surface area contributed by atoms with Gasteiger partial charge in [0.05, 0.1) is 6.10 Å². The van der Waals surface area contributed by atoms with E-state index in [0.29, 0.717) is 13.0 Å². The molecule has 1 amide bonds. The van der Waals surface area contributed by atoms with Gasteiger partial charge in [0.2, 0.25) is 5.91 Å². The molecule has 0 aromatic carbocycles. The first-order valence-corrected chi connectivity index (χ1v) is 5.97. The van der Waals surface area contributed by atoms with Crippen LogP contribution in [0.25, 0.3) is 0 Å². The van der Waals surface area contributed by atoms with Gasteiger partial charge in [-0.1, -0.05) is 41.5 Å². The molecule has 96 valence electrons. The van der Waals surface area contributed by atoms with Crippen molar-refractivity contribution in [2.75, 3.05) is 6.54 Å². The van der Waals surface area contributed by atoms with Crippen LogP contribution in [-0.2, 0) is 4.79 Å². The van der Waals surface area contributed by atoms with Crippen molar-refractivity contribution in [2.24, 2.45) is 10.8 Å². The average Bonchev–Trinajstić information content (AvgIpc) is 2.08. The minimum atomic E-state index is -0.494. The number of carbonyl (C=O) groups excluding carboxylic acids is 1. The van der Waals surface area contributed by atoms with E-state index in [9.17, 15) is 9.90 Å². The standard InChI is InChI=1S/C13H27NO2/c1-12(2,3)8-7-11(16)14-9-10(15)13(4,5)6/h10,15H,7-9H2,1-6H3,(H,14,16). The summed E-state index contributed by atoms with van der Waals surface area (Å²) in [5.74, 6) is 0.0261. The Bertz CT molecular complexity index is 223. The molecule has 0 spiro atoms. The molecule has 0 radical (unpaired) electrons. The van der Waals surface area contributed by atoms with Gasteiger partial charge >= 0.3 is 0 Å². The SMILES string of the molecule is CC(C)(C)CCC(=O)NCC(O)C(C)(C)C. The molecular formula is C13H27NO2. The van der Waals surface area contributed by atoms with Gasteiger partial charge in [0.15, 0.2) is 0 Å². The molecule has 0 aromatic rings. The maximum absolute atomic E-state index is 11.5. The van der Waals surface area contributed by atoms with Crippen molar-refractivity contribution in [2.45, 2.75) is 60.5 Å². The number of amides is 1. The Kier molecular flexibility index (Phi) is 5.47. The van der Waals surface area contributed by atoms with Gasteiger partial charge in [0.25, 0.3) is 0 Å². The maximum Gasteiger partial charge on any atom is 0.220 e. The van der Waals surface area contributed by atoms with Crippen molar-refractivity contribution >= 4 is 5.91 Å². The Balaban J connectivity index is 3.83. The van der Waals surface area contributed by atoms with Crippen molar-refractivity contribution in [3.05, 3.63) is 0 Å². The smallest absolute Gasteiger partial charge is 0.220 e. The lowest BCUT2D eigenvalue weighted by atomic mass is 9.89. The van der Waals surface area contributed by atoms with Gasteiger partial charge in [0.1, 0.15) is 0 Å². The van der Waals surface area contributed by atoms with E-state index in [4.69, 9.17) is 0 Å². The first-order valence-electron chi connectivity index (χ1n) is 5.97. The Labute approximate surface area is 99.6 Å². The Morgan fingerprint density at radius 2 is 1.69 bits per heavy atom. The van der Waals surface area contributed by atoms with Crippen LogP contribution in [-0.4, -0.2) is 23.7 Å². The molecule has 3 heteroatoms. The average molecular weight is 229 g/mol. The minimum Gasteiger partial charge on any atom is -0.391 e. The molecule has 16 heavy (non-hydrogen) atoms. The zero-order valence-corrected chi connectivity index (χ0v) is 11.6. The van der Waals surface area contributed by atoms with Crippen LogP contribution in [0.1, 0.15) is 54.4 Å². The summed E-state index contributed by atoms with van der Waals surface area (Å²) in [7, 11) is 0. The number of rotatable bonds is 4. The first-order chi connectivity index (χ1) is 7.02. The number of hydrogen-bond donors (Lipinski definition) is 2. The number of aliphatic hydroxyl groups is 1. The van der Waals surface area contributed by atoms with E-state index in [1.807, 2.05) is 20.8 Å². The molecule has 0 aromatic heterocycles. The summed E-state index contributed by atoms with van der Waals surface area (Å²) in [6.45, 7) is 12.6. The molecule has 0 fully saturated rings. The molecule has 0 aliphatic rings. The molecule has 1 unspecified atom stereocenters. The normalized spacial score (nSPS) is 14.7. The summed E-state index contributed by atoms with van der Waals surface area (Å²) in [5.41, 5.74) is -0.00269. The van der Waals surface area contributed by atoms with Crippen LogP contribution in [0.2, 0.25) is 0 Å². The molecule has 1 atom stereocenters. The van der Waals surface area contributed by atoms with Gasteiger partial charge in [-0.2, -0.15) is 0 Å². The number of aliphatic hydroxyl groups excluding tert-OH is 1. The zero-order chi connectivity index (χ0) is 13.0. The summed E-state index contributed by atoms with van der Waals surface area (Å²) in [6, 6.07) is 0. The Morgan fingerprint density at radius 1 is 1.19 bits per heavy atom. The van der Waals surface area contributed by atoms with Crippen molar-refractivity contribution in [3.63, 3.8) is 0 Å². The van der Waals surface area contributed by atoms with Crippen molar-refractivity contribution < 1.29 is 9.90 Å². The van der Waals surface area contributed by atoms with Gasteiger partial charge in [-0.15, -0.1) is 0 Å². The van der Waals surface area contributed by atoms with Crippen LogP contribution >= 0.6 is 0 Å². The van der Waals surface area contributed by atoms with E-state index in [1.54, 1.807) is 0 Å². The highest BCUT2D eigenvalue weighted by atomic mass is 16.3. The van der Waals surface area contributed by atoms with Gasteiger partial charge in [0, 0.05) is 13.0 Å². The van der Waals surface area contributed by atoms with Crippen LogP contribution in [0.15, 0.2) is 0 Å². The molecule has 0 aliphatic carbocycles. The molecular weight excluding hydrogens is 202 g/mol. The molecule has 0 aliphatic heterocycles. The highest BCUT2D eigenvalue weighted by Gasteiger charge is 2.22. The fourth-order valence-corrected chi connectivity index (χ4v) is 1.09. The van der Waals surface area contributed by atoms with E-state index in [1.165, 1.54) is 0 Å². The second kappa shape index (κ2) is 5.67. The van der Waals surface area contributed by atoms with Gasteiger partial charge in [-0.25, -0.2) is 0 Å². The highest BCUT2D eigenvalue weighted by Crippen LogP contribution is 2.20. The summed E-state index contributed by atoms with van der Waals surface area (Å²) >= 11 is 0. The first kappa shape index (κ1) is 15.4. The van der Waals surface area contributed by atoms with E-state index in [-0.39, 0.29) is 16.7 Å². The summed E-state index contributed by atoms with van der Waals surface area (Å²) in [6.07, 6.45) is 0.899. The predicted octanol–water partition coefficient (Wildman–Crippen LogP) is 2.34. The maximum atomic E-state index is 11.5. The van der Waals surface area contributed by atoms with Crippen molar-refractivity contribution in [1.29, 1.82) is 0 Å². The number of carbonyl (C=O) groups is 1. The molecule has 3 nitrogen and oxygen atoms in total. The van der Waals surface area contributed by atoms with E-state index >= 15 is 0 Å². The molecule has 0 saturated carbocycles. The van der Waals surface area contributed by atoms with Crippen LogP contribution in [0.5, 0.6) is 0 Å². The molecule has 2 N–H and O–H groups in total. The quantitative estimate of drug-likeness (QED) is 0.777. The van der Waals surface area contributed by atoms with Crippen LogP contribution in [0.4, 0.5) is 0 Å². The lowest BCUT2D eigenvalue weighted by Gasteiger charge is -2.26. The second-order valence-electron chi connectivity index (χ2n) is 6.75. The largest absolute Gasteiger partial charge is 0.391 e. The van der Waals surface area contributed by atoms with E-state index < -0.39 is 6.10 Å². The third-order valence-electron chi connectivity index (χ3n) is 2.59. The predicted molar refractivity (Wildman–Crippen MR) is 67.2 cm³/mol. The van der Waals surface area contributed by atoms with Crippen molar-refractivity contribution in [1.82, 2.24) is 5.32 Å². The zero-order valence-electron chi connectivity index (χ0n) is 11.6. The van der Waals surface area contributed by atoms with Crippen LogP contribution in [0, 0.1) is 10.8 Å². The monoisotopic (exact) mass is 229 g/mol. The van der Waals surface area contributed by atoms with Gasteiger partial charge < -0.3 is 10.4 Å². The molecule has 0 bridgehead atoms. The minimum absolute atomic E-state index is 0.0261.